The van der Waals surface area contributed by atoms with Gasteiger partial charge in [0.1, 0.15) is 21.7 Å². The van der Waals surface area contributed by atoms with Crippen LogP contribution in [0, 0.1) is 0 Å². The van der Waals surface area contributed by atoms with Crippen molar-refractivity contribution in [2.24, 2.45) is 0 Å². The fourth-order valence-electron chi connectivity index (χ4n) is 5.48. The Kier molecular flexibility index (Phi) is 6.84. The number of hydrogen-bond donors (Lipinski definition) is 1. The van der Waals surface area contributed by atoms with Gasteiger partial charge in [-0.05, 0) is 50.6 Å². The number of rotatable bonds is 6. The van der Waals surface area contributed by atoms with Gasteiger partial charge in [0.25, 0.3) is 0 Å². The number of pyridine rings is 1. The highest BCUT2D eigenvalue weighted by Crippen LogP contribution is 2.43. The maximum absolute atomic E-state index is 12.6. The molecule has 0 saturated carbocycles. The Hall–Kier alpha value is -3.65. The van der Waals surface area contributed by atoms with Gasteiger partial charge in [-0.3, -0.25) is 14.0 Å². The Balaban J connectivity index is 1.21. The van der Waals surface area contributed by atoms with Gasteiger partial charge in [-0.2, -0.15) is 0 Å². The molecule has 0 bridgehead atoms. The molecule has 0 unspecified atom stereocenters. The lowest BCUT2D eigenvalue weighted by atomic mass is 9.90. The third-order valence-electron chi connectivity index (χ3n) is 7.61. The molecule has 13 heteroatoms. The van der Waals surface area contributed by atoms with Crippen LogP contribution in [0.5, 0.6) is 0 Å². The van der Waals surface area contributed by atoms with Gasteiger partial charge >= 0.3 is 0 Å². The molecule has 42 heavy (non-hydrogen) atoms. The summed E-state index contributed by atoms with van der Waals surface area (Å²) < 4.78 is 14.6. The molecule has 216 valence electrons. The smallest absolute Gasteiger partial charge is 0.234 e. The summed E-state index contributed by atoms with van der Waals surface area (Å²) in [6.45, 7) is 9.21. The van der Waals surface area contributed by atoms with Gasteiger partial charge < -0.3 is 19.7 Å². The van der Waals surface area contributed by atoms with E-state index >= 15 is 0 Å². The third-order valence-corrected chi connectivity index (χ3v) is 9.62. The number of thioether (sulfide) groups is 1. The van der Waals surface area contributed by atoms with Crippen LogP contribution in [0.25, 0.3) is 26.1 Å². The monoisotopic (exact) mass is 603 g/mol. The molecule has 1 amide bonds. The fraction of sp³-hybridized carbons (Fsp3) is 0.379. The van der Waals surface area contributed by atoms with E-state index in [0.717, 1.165) is 51.3 Å². The van der Waals surface area contributed by atoms with Crippen LogP contribution < -0.4 is 10.2 Å². The highest BCUT2D eigenvalue weighted by Gasteiger charge is 2.33. The quantitative estimate of drug-likeness (QED) is 0.219. The van der Waals surface area contributed by atoms with Crippen LogP contribution in [0.4, 0.5) is 11.5 Å². The van der Waals surface area contributed by atoms with Crippen LogP contribution in [0.1, 0.15) is 42.3 Å². The predicted molar refractivity (Wildman–Crippen MR) is 163 cm³/mol. The molecular weight excluding hydrogens is 574 g/mol. The molecule has 1 saturated heterocycles. The lowest BCUT2D eigenvalue weighted by molar-refractivity contribution is -0.113. The van der Waals surface area contributed by atoms with E-state index in [4.69, 9.17) is 19.4 Å². The molecule has 4 aromatic heterocycles. The van der Waals surface area contributed by atoms with Gasteiger partial charge in [0.2, 0.25) is 5.91 Å². The number of morpholine rings is 1. The van der Waals surface area contributed by atoms with Gasteiger partial charge in [0.05, 0.1) is 36.7 Å². The van der Waals surface area contributed by atoms with Crippen molar-refractivity contribution >= 4 is 72.4 Å². The van der Waals surface area contributed by atoms with Crippen molar-refractivity contribution in [3.05, 3.63) is 47.3 Å². The van der Waals surface area contributed by atoms with E-state index in [2.05, 4.69) is 34.3 Å². The molecule has 1 fully saturated rings. The number of thiophene rings is 1. The zero-order chi connectivity index (χ0) is 29.0. The van der Waals surface area contributed by atoms with E-state index < -0.39 is 0 Å². The second kappa shape index (κ2) is 10.6. The molecule has 6 heterocycles. The average Bonchev–Trinajstić information content (AvgIpc) is 3.57. The van der Waals surface area contributed by atoms with Crippen LogP contribution in [0.15, 0.2) is 35.7 Å². The van der Waals surface area contributed by atoms with Crippen molar-refractivity contribution in [1.29, 1.82) is 0 Å². The normalized spacial score (nSPS) is 16.7. The van der Waals surface area contributed by atoms with Gasteiger partial charge in [-0.1, -0.05) is 11.8 Å². The zero-order valence-corrected chi connectivity index (χ0v) is 25.1. The van der Waals surface area contributed by atoms with Crippen molar-refractivity contribution in [2.45, 2.75) is 44.6 Å². The van der Waals surface area contributed by atoms with Crippen LogP contribution in [0.3, 0.4) is 0 Å². The van der Waals surface area contributed by atoms with Gasteiger partial charge in [-0.15, -0.1) is 21.5 Å². The number of aromatic nitrogens is 5. The first-order valence-corrected chi connectivity index (χ1v) is 15.6. The second-order valence-corrected chi connectivity index (χ2v) is 13.0. The topological polar surface area (TPSA) is 124 Å². The first kappa shape index (κ1) is 27.2. The van der Waals surface area contributed by atoms with Gasteiger partial charge in [0.15, 0.2) is 16.6 Å². The van der Waals surface area contributed by atoms with Crippen LogP contribution in [-0.4, -0.2) is 73.9 Å². The number of ketones is 1. The third kappa shape index (κ3) is 4.89. The number of benzene rings is 1. The summed E-state index contributed by atoms with van der Waals surface area (Å²) >= 11 is 2.87. The van der Waals surface area contributed by atoms with Crippen LogP contribution in [0.2, 0.25) is 0 Å². The number of nitrogens with one attached hydrogen (secondary N) is 1. The average molecular weight is 604 g/mol. The molecule has 0 radical (unpaired) electrons. The highest BCUT2D eigenvalue weighted by atomic mass is 32.2. The Morgan fingerprint density at radius 3 is 2.67 bits per heavy atom. The van der Waals surface area contributed by atoms with E-state index in [1.165, 1.54) is 24.2 Å². The first-order chi connectivity index (χ1) is 20.3. The van der Waals surface area contributed by atoms with E-state index in [1.807, 2.05) is 4.40 Å². The molecule has 7 rings (SSSR count). The predicted octanol–water partition coefficient (Wildman–Crippen LogP) is 4.51. The number of carbonyl (C=O) groups excluding carboxylic acids is 2. The fourth-order valence-corrected chi connectivity index (χ4v) is 7.31. The van der Waals surface area contributed by atoms with Crippen LogP contribution in [-0.2, 0) is 27.3 Å². The molecule has 0 spiro atoms. The van der Waals surface area contributed by atoms with Crippen molar-refractivity contribution in [3.63, 3.8) is 0 Å². The number of Topliss-reactive ketones (excluding diaryl/α,β-unsaturated/α-hetero) is 1. The molecule has 1 N–H and O–H groups in total. The van der Waals surface area contributed by atoms with Crippen molar-refractivity contribution in [2.75, 3.05) is 42.3 Å². The number of ether oxygens (including phenoxy) is 2. The Labute approximate surface area is 249 Å². The minimum absolute atomic E-state index is 0.0189. The first-order valence-electron chi connectivity index (χ1n) is 13.8. The summed E-state index contributed by atoms with van der Waals surface area (Å²) in [4.78, 5) is 37.4. The maximum Gasteiger partial charge on any atom is 0.234 e. The zero-order valence-electron chi connectivity index (χ0n) is 23.5. The van der Waals surface area contributed by atoms with Gasteiger partial charge in [0, 0.05) is 41.7 Å². The Morgan fingerprint density at radius 2 is 1.90 bits per heavy atom. The second-order valence-electron chi connectivity index (χ2n) is 11.1. The lowest BCUT2D eigenvalue weighted by Crippen LogP contribution is -2.39. The molecule has 1 aromatic carbocycles. The van der Waals surface area contributed by atoms with E-state index in [0.29, 0.717) is 41.9 Å². The molecule has 2 aliphatic rings. The number of nitrogens with zero attached hydrogens (tertiary/aromatic N) is 6. The largest absolute Gasteiger partial charge is 0.378 e. The number of carbonyl (C=O) groups is 2. The maximum atomic E-state index is 12.6. The number of fused-ring (bicyclic) bond motifs is 7. The summed E-state index contributed by atoms with van der Waals surface area (Å²) in [5.41, 5.74) is 4.87. The Bertz CT molecular complexity index is 1860. The van der Waals surface area contributed by atoms with E-state index in [1.54, 1.807) is 41.9 Å². The SMILES string of the molecule is CC(=O)c1ccc(NC(=O)CSc2nnc3c4sc5nc(N6CCOCC6)c6c(c5c4ncn23)CC(C)(C)OC6)cc1. The summed E-state index contributed by atoms with van der Waals surface area (Å²) in [6.07, 6.45) is 2.50. The van der Waals surface area contributed by atoms with Crippen molar-refractivity contribution in [3.8, 4) is 0 Å². The molecule has 11 nitrogen and oxygen atoms in total. The summed E-state index contributed by atoms with van der Waals surface area (Å²) in [5, 5.41) is 13.4. The highest BCUT2D eigenvalue weighted by molar-refractivity contribution is 7.99. The minimum Gasteiger partial charge on any atom is -0.378 e. The molecule has 2 aliphatic heterocycles. The number of amides is 1. The molecule has 5 aromatic rings. The standard InChI is InChI=1S/C29H29N7O4S2/c1-16(37)17-4-6-18(7-5-17)31-21(38)14-41-28-34-33-26-24-23(30-15-36(26)28)22-19-12-29(2,3)40-13-20(19)25(32-27(22)42-24)35-8-10-39-11-9-35/h4-7,15H,8-14H2,1-3H3,(H,31,38). The summed E-state index contributed by atoms with van der Waals surface area (Å²) in [7, 11) is 0. The molecule has 0 atom stereocenters. The van der Waals surface area contributed by atoms with E-state index in [9.17, 15) is 9.59 Å². The molecule has 0 aliphatic carbocycles. The number of anilines is 2. The van der Waals surface area contributed by atoms with Gasteiger partial charge in [-0.25, -0.2) is 9.97 Å². The summed E-state index contributed by atoms with van der Waals surface area (Å²) in [5.74, 6) is 0.917. The van der Waals surface area contributed by atoms with Crippen LogP contribution >= 0.6 is 23.1 Å². The van der Waals surface area contributed by atoms with E-state index in [-0.39, 0.29) is 23.0 Å². The van der Waals surface area contributed by atoms with Crippen molar-refractivity contribution in [1.82, 2.24) is 24.6 Å². The lowest BCUT2D eigenvalue weighted by Gasteiger charge is -2.36. The number of hydrogen-bond acceptors (Lipinski definition) is 11. The Morgan fingerprint density at radius 1 is 1.12 bits per heavy atom. The summed E-state index contributed by atoms with van der Waals surface area (Å²) in [6, 6.07) is 6.84. The van der Waals surface area contributed by atoms with Crippen molar-refractivity contribution < 1.29 is 19.1 Å². The molecular formula is C29H29N7O4S2. The minimum atomic E-state index is -0.295.